The molecule has 2 aliphatic rings. The summed E-state index contributed by atoms with van der Waals surface area (Å²) in [5, 5.41) is 2.07. The second-order valence-corrected chi connectivity index (χ2v) is 10.4. The lowest BCUT2D eigenvalue weighted by Gasteiger charge is -2.34. The Morgan fingerprint density at radius 2 is 1.86 bits per heavy atom. The largest absolute Gasteiger partial charge is 0.331 e. The zero-order valence-electron chi connectivity index (χ0n) is 16.2. The normalized spacial score (nSPS) is 21.5. The minimum Gasteiger partial charge on any atom is -0.331 e. The maximum Gasteiger partial charge on any atom is 0.254 e. The quantitative estimate of drug-likeness (QED) is 0.767. The van der Waals surface area contributed by atoms with Crippen molar-refractivity contribution >= 4 is 27.3 Å². The highest BCUT2D eigenvalue weighted by atomic mass is 32.2. The highest BCUT2D eigenvalue weighted by Gasteiger charge is 2.31. The molecule has 1 amide bonds. The fourth-order valence-electron chi connectivity index (χ4n) is 3.92. The molecule has 1 saturated heterocycles. The van der Waals surface area contributed by atoms with Gasteiger partial charge in [-0.3, -0.25) is 4.79 Å². The SMILES string of the molecule is CC1c2ccsc2CCN1C(=O)c1cccc(S(=O)(=O)N2CCN(C)CC2)c1. The molecule has 1 aromatic heterocycles. The predicted molar refractivity (Wildman–Crippen MR) is 110 cm³/mol. The van der Waals surface area contributed by atoms with Gasteiger partial charge >= 0.3 is 0 Å². The van der Waals surface area contributed by atoms with Gasteiger partial charge < -0.3 is 9.80 Å². The molecular formula is C20H25N3O3S2. The summed E-state index contributed by atoms with van der Waals surface area (Å²) < 4.78 is 27.6. The first kappa shape index (κ1) is 19.6. The molecule has 0 aliphatic carbocycles. The van der Waals surface area contributed by atoms with Crippen LogP contribution in [0.4, 0.5) is 0 Å². The number of likely N-dealkylation sites (N-methyl/N-ethyl adjacent to an activating group) is 1. The molecule has 0 bridgehead atoms. The molecule has 1 aromatic carbocycles. The summed E-state index contributed by atoms with van der Waals surface area (Å²) in [5.41, 5.74) is 1.63. The fraction of sp³-hybridized carbons (Fsp3) is 0.450. The van der Waals surface area contributed by atoms with Crippen LogP contribution < -0.4 is 0 Å². The van der Waals surface area contributed by atoms with Gasteiger partial charge in [-0.2, -0.15) is 4.31 Å². The number of amides is 1. The van der Waals surface area contributed by atoms with E-state index in [4.69, 9.17) is 0 Å². The number of sulfonamides is 1. The van der Waals surface area contributed by atoms with Crippen molar-refractivity contribution in [3.8, 4) is 0 Å². The first-order valence-corrected chi connectivity index (χ1v) is 11.9. The van der Waals surface area contributed by atoms with Crippen LogP contribution in [0.2, 0.25) is 0 Å². The Balaban J connectivity index is 1.58. The fourth-order valence-corrected chi connectivity index (χ4v) is 6.35. The first-order chi connectivity index (χ1) is 13.4. The van der Waals surface area contributed by atoms with Crippen molar-refractivity contribution in [3.63, 3.8) is 0 Å². The number of carbonyl (C=O) groups is 1. The van der Waals surface area contributed by atoms with Gasteiger partial charge in [-0.25, -0.2) is 8.42 Å². The molecule has 1 fully saturated rings. The smallest absolute Gasteiger partial charge is 0.254 e. The lowest BCUT2D eigenvalue weighted by molar-refractivity contribution is 0.0679. The standard InChI is InChI=1S/C20H25N3O3S2/c1-15-18-7-13-27-19(18)6-8-23(15)20(24)16-4-3-5-17(14-16)28(25,26)22-11-9-21(2)10-12-22/h3-5,7,13-15H,6,8-12H2,1-2H3. The van der Waals surface area contributed by atoms with Crippen LogP contribution in [-0.2, 0) is 16.4 Å². The Bertz CT molecular complexity index is 978. The van der Waals surface area contributed by atoms with Gasteiger partial charge in [0.15, 0.2) is 0 Å². The highest BCUT2D eigenvalue weighted by Crippen LogP contribution is 2.34. The third-order valence-electron chi connectivity index (χ3n) is 5.72. The highest BCUT2D eigenvalue weighted by molar-refractivity contribution is 7.89. The molecule has 0 radical (unpaired) electrons. The van der Waals surface area contributed by atoms with Gasteiger partial charge in [0.2, 0.25) is 10.0 Å². The second kappa shape index (κ2) is 7.59. The van der Waals surface area contributed by atoms with Crippen molar-refractivity contribution in [1.29, 1.82) is 0 Å². The molecule has 2 aromatic rings. The van der Waals surface area contributed by atoms with Crippen LogP contribution in [0.5, 0.6) is 0 Å². The lowest BCUT2D eigenvalue weighted by atomic mass is 10.0. The summed E-state index contributed by atoms with van der Waals surface area (Å²) in [6.07, 6.45) is 0.850. The third kappa shape index (κ3) is 3.50. The molecule has 8 heteroatoms. The molecule has 1 unspecified atom stereocenters. The van der Waals surface area contributed by atoms with Crippen molar-refractivity contribution in [2.24, 2.45) is 0 Å². The molecule has 6 nitrogen and oxygen atoms in total. The number of carbonyl (C=O) groups excluding carboxylic acids is 1. The minimum atomic E-state index is -3.59. The summed E-state index contributed by atoms with van der Waals surface area (Å²) in [6.45, 7) is 5.07. The van der Waals surface area contributed by atoms with E-state index in [0.717, 1.165) is 6.42 Å². The predicted octanol–water partition coefficient (Wildman–Crippen LogP) is 2.44. The summed E-state index contributed by atoms with van der Waals surface area (Å²) in [4.78, 5) is 18.6. The van der Waals surface area contributed by atoms with Crippen molar-refractivity contribution < 1.29 is 13.2 Å². The van der Waals surface area contributed by atoms with Crippen LogP contribution in [0.25, 0.3) is 0 Å². The van der Waals surface area contributed by atoms with Gasteiger partial charge in [0.05, 0.1) is 10.9 Å². The number of hydrogen-bond donors (Lipinski definition) is 0. The second-order valence-electron chi connectivity index (χ2n) is 7.46. The zero-order valence-corrected chi connectivity index (χ0v) is 17.8. The van der Waals surface area contributed by atoms with Crippen LogP contribution in [0, 0.1) is 0 Å². The van der Waals surface area contributed by atoms with Crippen LogP contribution in [-0.4, -0.2) is 68.2 Å². The number of benzene rings is 1. The molecule has 4 rings (SSSR count). The Kier molecular flexibility index (Phi) is 5.30. The van der Waals surface area contributed by atoms with Crippen LogP contribution in [0.3, 0.4) is 0 Å². The van der Waals surface area contributed by atoms with E-state index in [1.807, 2.05) is 18.9 Å². The summed E-state index contributed by atoms with van der Waals surface area (Å²) in [5.74, 6) is -0.111. The molecule has 28 heavy (non-hydrogen) atoms. The van der Waals surface area contributed by atoms with Crippen molar-refractivity contribution in [2.45, 2.75) is 24.3 Å². The number of nitrogens with zero attached hydrogens (tertiary/aromatic N) is 3. The average molecular weight is 420 g/mol. The maximum atomic E-state index is 13.2. The van der Waals surface area contributed by atoms with Crippen LogP contribution in [0.1, 0.15) is 33.8 Å². The Morgan fingerprint density at radius 1 is 1.11 bits per heavy atom. The number of piperazine rings is 1. The van der Waals surface area contributed by atoms with E-state index in [0.29, 0.717) is 38.3 Å². The molecule has 150 valence electrons. The molecule has 0 saturated carbocycles. The van der Waals surface area contributed by atoms with Crippen molar-refractivity contribution in [1.82, 2.24) is 14.1 Å². The molecule has 3 heterocycles. The number of fused-ring (bicyclic) bond motifs is 1. The molecule has 2 aliphatic heterocycles. The number of hydrogen-bond acceptors (Lipinski definition) is 5. The molecule has 0 spiro atoms. The van der Waals surface area contributed by atoms with Crippen molar-refractivity contribution in [2.75, 3.05) is 39.8 Å². The van der Waals surface area contributed by atoms with E-state index >= 15 is 0 Å². The zero-order chi connectivity index (χ0) is 19.9. The van der Waals surface area contributed by atoms with E-state index in [1.165, 1.54) is 20.8 Å². The van der Waals surface area contributed by atoms with Gasteiger partial charge in [-0.1, -0.05) is 6.07 Å². The van der Waals surface area contributed by atoms with Gasteiger partial charge in [0.1, 0.15) is 0 Å². The number of thiophene rings is 1. The summed E-state index contributed by atoms with van der Waals surface area (Å²) in [6, 6.07) is 8.58. The van der Waals surface area contributed by atoms with Gasteiger partial charge in [-0.15, -0.1) is 11.3 Å². The number of rotatable bonds is 3. The Morgan fingerprint density at radius 3 is 2.61 bits per heavy atom. The van der Waals surface area contributed by atoms with Gasteiger partial charge in [0, 0.05) is 43.2 Å². The van der Waals surface area contributed by atoms with E-state index in [1.54, 1.807) is 29.5 Å². The maximum absolute atomic E-state index is 13.2. The van der Waals surface area contributed by atoms with Gasteiger partial charge in [0.25, 0.3) is 5.91 Å². The molecule has 1 atom stereocenters. The first-order valence-electron chi connectivity index (χ1n) is 9.54. The Hall–Kier alpha value is -1.74. The lowest BCUT2D eigenvalue weighted by Crippen LogP contribution is -2.47. The van der Waals surface area contributed by atoms with Crippen LogP contribution >= 0.6 is 11.3 Å². The van der Waals surface area contributed by atoms with Crippen LogP contribution in [0.15, 0.2) is 40.6 Å². The average Bonchev–Trinajstić information content (AvgIpc) is 3.18. The van der Waals surface area contributed by atoms with E-state index in [-0.39, 0.29) is 16.8 Å². The topological polar surface area (TPSA) is 60.9 Å². The molecular weight excluding hydrogens is 394 g/mol. The van der Waals surface area contributed by atoms with E-state index in [2.05, 4.69) is 16.3 Å². The van der Waals surface area contributed by atoms with E-state index < -0.39 is 10.0 Å². The Labute approximate surface area is 170 Å². The third-order valence-corrected chi connectivity index (χ3v) is 8.61. The summed E-state index contributed by atoms with van der Waals surface area (Å²) in [7, 11) is -1.60. The summed E-state index contributed by atoms with van der Waals surface area (Å²) >= 11 is 1.73. The van der Waals surface area contributed by atoms with E-state index in [9.17, 15) is 13.2 Å². The van der Waals surface area contributed by atoms with Crippen molar-refractivity contribution in [3.05, 3.63) is 51.7 Å². The minimum absolute atomic E-state index is 0.000366. The molecule has 0 N–H and O–H groups in total. The van der Waals surface area contributed by atoms with Gasteiger partial charge in [-0.05, 0) is 55.6 Å². The monoisotopic (exact) mass is 419 g/mol.